The van der Waals surface area contributed by atoms with Crippen LogP contribution in [0, 0.1) is 11.8 Å². The number of aromatic nitrogens is 4. The van der Waals surface area contributed by atoms with E-state index >= 15 is 0 Å². The molecule has 1 aromatic heterocycles. The van der Waals surface area contributed by atoms with Crippen molar-refractivity contribution in [3.05, 3.63) is 10.6 Å². The van der Waals surface area contributed by atoms with Crippen LogP contribution in [0.5, 0.6) is 0 Å². The summed E-state index contributed by atoms with van der Waals surface area (Å²) in [5.41, 5.74) is 5.59. The molecule has 3 aliphatic rings. The number of nitrogens with one attached hydrogen (secondary N) is 2. The van der Waals surface area contributed by atoms with Gasteiger partial charge in [-0.2, -0.15) is 0 Å². The first-order valence-corrected chi connectivity index (χ1v) is 12.1. The van der Waals surface area contributed by atoms with Gasteiger partial charge in [-0.3, -0.25) is 14.4 Å². The van der Waals surface area contributed by atoms with Crippen molar-refractivity contribution in [3.63, 3.8) is 0 Å². The van der Waals surface area contributed by atoms with Crippen molar-refractivity contribution >= 4 is 41.4 Å². The van der Waals surface area contributed by atoms with Gasteiger partial charge in [0, 0.05) is 42.8 Å². The van der Waals surface area contributed by atoms with E-state index in [1.807, 2.05) is 6.92 Å². The summed E-state index contributed by atoms with van der Waals surface area (Å²) in [6, 6.07) is -1.23. The number of nitrogens with zero attached hydrogens (tertiary/aromatic N) is 6. The number of nitrogen functional groups attached to an aromatic ring is 1. The molecular formula is C20H29N9O5S. The molecule has 0 radical (unpaired) electrons. The molecule has 3 aliphatic heterocycles. The quantitative estimate of drug-likeness (QED) is 0.287. The fraction of sp³-hybridized carbons (Fsp3) is 0.650. The SMILES string of the molecule is CC(NC(=O)Cn1nnnc1N)[C@H]1C(=O)N2C(C(=O)O)=C(S[C@@H]3CN[C@H](C(=O)N(C)C)C3)[C@H](C)[C@H]12. The molecule has 1 unspecified atom stereocenters. The average Bonchev–Trinajstić information content (AvgIpc) is 3.46. The van der Waals surface area contributed by atoms with Crippen molar-refractivity contribution in [2.75, 3.05) is 26.4 Å². The summed E-state index contributed by atoms with van der Waals surface area (Å²) in [5.74, 6) is -2.74. The van der Waals surface area contributed by atoms with Crippen LogP contribution in [0.1, 0.15) is 20.3 Å². The van der Waals surface area contributed by atoms with E-state index in [9.17, 15) is 24.3 Å². The highest BCUT2D eigenvalue weighted by molar-refractivity contribution is 8.03. The number of carbonyl (C=O) groups is 4. The number of hydrogen-bond donors (Lipinski definition) is 4. The maximum absolute atomic E-state index is 13.0. The zero-order valence-electron chi connectivity index (χ0n) is 19.8. The highest BCUT2D eigenvalue weighted by atomic mass is 32.2. The van der Waals surface area contributed by atoms with Gasteiger partial charge in [0.2, 0.25) is 23.7 Å². The van der Waals surface area contributed by atoms with Gasteiger partial charge in [-0.15, -0.1) is 11.8 Å². The zero-order valence-corrected chi connectivity index (χ0v) is 20.7. The summed E-state index contributed by atoms with van der Waals surface area (Å²) in [5, 5.41) is 26.5. The van der Waals surface area contributed by atoms with Crippen molar-refractivity contribution in [2.24, 2.45) is 11.8 Å². The molecule has 2 fully saturated rings. The van der Waals surface area contributed by atoms with Gasteiger partial charge in [-0.05, 0) is 23.8 Å². The lowest BCUT2D eigenvalue weighted by Crippen LogP contribution is -2.66. The second-order valence-electron chi connectivity index (χ2n) is 9.25. The van der Waals surface area contributed by atoms with Gasteiger partial charge < -0.3 is 31.3 Å². The van der Waals surface area contributed by atoms with Crippen LogP contribution >= 0.6 is 11.8 Å². The molecule has 190 valence electrons. The van der Waals surface area contributed by atoms with E-state index in [1.165, 1.54) is 21.6 Å². The molecule has 0 spiro atoms. The topological polar surface area (TPSA) is 189 Å². The van der Waals surface area contributed by atoms with Crippen molar-refractivity contribution < 1.29 is 24.3 Å². The molecule has 0 aliphatic carbocycles. The highest BCUT2D eigenvalue weighted by Gasteiger charge is 2.60. The Hall–Kier alpha value is -3.20. The molecule has 5 N–H and O–H groups in total. The van der Waals surface area contributed by atoms with Crippen molar-refractivity contribution in [1.29, 1.82) is 0 Å². The number of β-lactam (4-membered cyclic amide) rings is 1. The Morgan fingerprint density at radius 3 is 2.69 bits per heavy atom. The number of carboxylic acids is 1. The lowest BCUT2D eigenvalue weighted by molar-refractivity contribution is -0.158. The smallest absolute Gasteiger partial charge is 0.353 e. The van der Waals surface area contributed by atoms with E-state index in [0.29, 0.717) is 17.9 Å². The summed E-state index contributed by atoms with van der Waals surface area (Å²) in [6.45, 7) is 3.98. The standard InChI is InChI=1S/C20H29N9O5S/c1-8-14-13(9(2)23-12(30)7-28-20(21)24-25-26-28)18(32)29(14)15(19(33)34)16(8)35-10-5-11(22-6-10)17(31)27(3)4/h8-11,13-14,22H,5-7H2,1-4H3,(H,23,30)(H,33,34)(H2,21,24,26)/t8-,9?,10+,11+,13-,14-/m1/s1. The average molecular weight is 508 g/mol. The minimum atomic E-state index is -1.16. The number of thioether (sulfide) groups is 1. The molecule has 2 saturated heterocycles. The number of hydrogen-bond acceptors (Lipinski definition) is 10. The molecule has 0 saturated carbocycles. The third kappa shape index (κ3) is 4.45. The van der Waals surface area contributed by atoms with Gasteiger partial charge in [-0.25, -0.2) is 9.48 Å². The third-order valence-electron chi connectivity index (χ3n) is 6.69. The molecule has 4 heterocycles. The molecule has 0 aromatic carbocycles. The van der Waals surface area contributed by atoms with Gasteiger partial charge in [0.05, 0.1) is 18.0 Å². The summed E-state index contributed by atoms with van der Waals surface area (Å²) in [7, 11) is 3.39. The molecule has 0 bridgehead atoms. The number of aliphatic carboxylic acids is 1. The number of carbonyl (C=O) groups excluding carboxylic acids is 3. The third-order valence-corrected chi connectivity index (χ3v) is 8.21. The number of nitrogens with two attached hydrogens (primary N) is 1. The lowest BCUT2D eigenvalue weighted by atomic mass is 9.78. The van der Waals surface area contributed by atoms with E-state index in [1.54, 1.807) is 21.0 Å². The van der Waals surface area contributed by atoms with E-state index in [-0.39, 0.29) is 53.3 Å². The largest absolute Gasteiger partial charge is 0.477 e. The molecule has 6 atom stereocenters. The fourth-order valence-corrected chi connectivity index (χ4v) is 6.50. The Morgan fingerprint density at radius 2 is 2.09 bits per heavy atom. The molecule has 35 heavy (non-hydrogen) atoms. The predicted molar refractivity (Wildman–Crippen MR) is 124 cm³/mol. The summed E-state index contributed by atoms with van der Waals surface area (Å²) >= 11 is 1.42. The van der Waals surface area contributed by atoms with Crippen LogP contribution in [0.4, 0.5) is 5.95 Å². The van der Waals surface area contributed by atoms with E-state index in [0.717, 1.165) is 4.68 Å². The summed E-state index contributed by atoms with van der Waals surface area (Å²) in [4.78, 5) is 53.4. The first kappa shape index (κ1) is 24.9. The van der Waals surface area contributed by atoms with Gasteiger partial charge >= 0.3 is 5.97 Å². The second-order valence-corrected chi connectivity index (χ2v) is 10.6. The van der Waals surface area contributed by atoms with Crippen molar-refractivity contribution in [2.45, 2.75) is 50.2 Å². The monoisotopic (exact) mass is 507 g/mol. The first-order valence-electron chi connectivity index (χ1n) is 11.2. The number of anilines is 1. The molecular weight excluding hydrogens is 478 g/mol. The Balaban J connectivity index is 1.44. The molecule has 1 aromatic rings. The van der Waals surface area contributed by atoms with Crippen LogP contribution in [0.15, 0.2) is 10.6 Å². The second kappa shape index (κ2) is 9.45. The first-order chi connectivity index (χ1) is 16.5. The van der Waals surface area contributed by atoms with Crippen LogP contribution in [-0.4, -0.2) is 103 Å². The van der Waals surface area contributed by atoms with Gasteiger partial charge in [0.1, 0.15) is 12.2 Å². The van der Waals surface area contributed by atoms with Crippen LogP contribution in [0.25, 0.3) is 0 Å². The van der Waals surface area contributed by atoms with Crippen LogP contribution in [-0.2, 0) is 25.7 Å². The normalized spacial score (nSPS) is 28.5. The fourth-order valence-electron chi connectivity index (χ4n) is 5.02. The predicted octanol–water partition coefficient (Wildman–Crippen LogP) is -1.92. The Bertz CT molecular complexity index is 1090. The van der Waals surface area contributed by atoms with E-state index in [2.05, 4.69) is 26.2 Å². The number of amides is 3. The Kier molecular flexibility index (Phi) is 6.73. The number of fused-ring (bicyclic) bond motifs is 1. The molecule has 14 nitrogen and oxygen atoms in total. The molecule has 15 heteroatoms. The minimum Gasteiger partial charge on any atom is -0.477 e. The van der Waals surface area contributed by atoms with Gasteiger partial charge in [0.25, 0.3) is 0 Å². The van der Waals surface area contributed by atoms with E-state index in [4.69, 9.17) is 5.73 Å². The Labute approximate surface area is 205 Å². The molecule has 3 amide bonds. The molecule has 4 rings (SSSR count). The van der Waals surface area contributed by atoms with Crippen molar-refractivity contribution in [1.82, 2.24) is 40.6 Å². The van der Waals surface area contributed by atoms with Crippen LogP contribution in [0.3, 0.4) is 0 Å². The highest BCUT2D eigenvalue weighted by Crippen LogP contribution is 2.51. The number of tetrazole rings is 1. The van der Waals surface area contributed by atoms with E-state index < -0.39 is 23.8 Å². The summed E-state index contributed by atoms with van der Waals surface area (Å²) in [6.07, 6.45) is 0.569. The van der Waals surface area contributed by atoms with Gasteiger partial charge in [0.15, 0.2) is 0 Å². The maximum atomic E-state index is 13.0. The maximum Gasteiger partial charge on any atom is 0.353 e. The van der Waals surface area contributed by atoms with Crippen molar-refractivity contribution in [3.8, 4) is 0 Å². The van der Waals surface area contributed by atoms with Gasteiger partial charge in [-0.1, -0.05) is 12.0 Å². The van der Waals surface area contributed by atoms with Crippen LogP contribution in [0.2, 0.25) is 0 Å². The van der Waals surface area contributed by atoms with Crippen LogP contribution < -0.4 is 16.4 Å². The minimum absolute atomic E-state index is 0.00169. The zero-order chi connectivity index (χ0) is 25.6. The summed E-state index contributed by atoms with van der Waals surface area (Å²) < 4.78 is 1.14. The Morgan fingerprint density at radius 1 is 1.37 bits per heavy atom. The number of likely N-dealkylation sites (N-methyl/N-ethyl adjacent to an activating group) is 1. The number of rotatable bonds is 8. The lowest BCUT2D eigenvalue weighted by Gasteiger charge is -2.47. The number of carboxylic acid groups (broad SMARTS) is 1.